The number of nitrogens with zero attached hydrogens (tertiary/aromatic N) is 1. The Bertz CT molecular complexity index is 704. The highest BCUT2D eigenvalue weighted by Crippen LogP contribution is 2.30. The molecule has 0 fully saturated rings. The van der Waals surface area contributed by atoms with Crippen LogP contribution in [0.1, 0.15) is 0 Å². The zero-order valence-electron chi connectivity index (χ0n) is 10.5. The van der Waals surface area contributed by atoms with Gasteiger partial charge in [0.15, 0.2) is 0 Å². The maximum atomic E-state index is 5.91. The summed E-state index contributed by atoms with van der Waals surface area (Å²) in [4.78, 5) is 4.31. The monoisotopic (exact) mass is 251 g/mol. The molecule has 0 atom stereocenters. The molecule has 3 aromatic rings. The van der Waals surface area contributed by atoms with E-state index in [4.69, 9.17) is 9.47 Å². The standard InChI is InChI=1S/C16H13NO2/c1-18-12-5-4-6-13(11-12)19-16-9-10-17-15-8-3-2-7-14(15)16/h2-11H,1H3. The van der Waals surface area contributed by atoms with Crippen LogP contribution < -0.4 is 9.47 Å². The lowest BCUT2D eigenvalue weighted by atomic mass is 10.2. The molecular formula is C16H13NO2. The third-order valence-electron chi connectivity index (χ3n) is 2.88. The van der Waals surface area contributed by atoms with Crippen LogP contribution in [0.3, 0.4) is 0 Å². The third-order valence-corrected chi connectivity index (χ3v) is 2.88. The smallest absolute Gasteiger partial charge is 0.138 e. The average Bonchev–Trinajstić information content (AvgIpc) is 2.48. The predicted molar refractivity (Wildman–Crippen MR) is 74.8 cm³/mol. The largest absolute Gasteiger partial charge is 0.497 e. The normalized spacial score (nSPS) is 10.4. The van der Waals surface area contributed by atoms with Gasteiger partial charge in [-0.1, -0.05) is 18.2 Å². The average molecular weight is 251 g/mol. The summed E-state index contributed by atoms with van der Waals surface area (Å²) in [6.07, 6.45) is 1.75. The first-order valence-electron chi connectivity index (χ1n) is 6.02. The zero-order chi connectivity index (χ0) is 13.1. The van der Waals surface area contributed by atoms with E-state index in [1.54, 1.807) is 13.3 Å². The molecule has 0 aliphatic heterocycles. The maximum absolute atomic E-state index is 5.91. The molecule has 0 bridgehead atoms. The van der Waals surface area contributed by atoms with Crippen molar-refractivity contribution in [2.24, 2.45) is 0 Å². The van der Waals surface area contributed by atoms with E-state index in [0.717, 1.165) is 28.2 Å². The van der Waals surface area contributed by atoms with Gasteiger partial charge in [-0.2, -0.15) is 0 Å². The number of fused-ring (bicyclic) bond motifs is 1. The number of methoxy groups -OCH3 is 1. The van der Waals surface area contributed by atoms with Gasteiger partial charge in [-0.25, -0.2) is 0 Å². The summed E-state index contributed by atoms with van der Waals surface area (Å²) in [6, 6.07) is 17.3. The Kier molecular flexibility index (Phi) is 3.02. The fourth-order valence-electron chi connectivity index (χ4n) is 1.95. The van der Waals surface area contributed by atoms with Crippen molar-refractivity contribution < 1.29 is 9.47 Å². The van der Waals surface area contributed by atoms with Gasteiger partial charge < -0.3 is 9.47 Å². The number of para-hydroxylation sites is 1. The Morgan fingerprint density at radius 2 is 1.74 bits per heavy atom. The number of ether oxygens (including phenoxy) is 2. The molecule has 3 nitrogen and oxygen atoms in total. The van der Waals surface area contributed by atoms with Gasteiger partial charge in [0.2, 0.25) is 0 Å². The summed E-state index contributed by atoms with van der Waals surface area (Å²) in [7, 11) is 1.64. The van der Waals surface area contributed by atoms with E-state index in [9.17, 15) is 0 Å². The van der Waals surface area contributed by atoms with E-state index in [1.165, 1.54) is 0 Å². The fourth-order valence-corrected chi connectivity index (χ4v) is 1.95. The van der Waals surface area contributed by atoms with Gasteiger partial charge in [-0.05, 0) is 30.3 Å². The highest BCUT2D eigenvalue weighted by molar-refractivity contribution is 5.84. The third kappa shape index (κ3) is 2.36. The van der Waals surface area contributed by atoms with Crippen LogP contribution in [0.4, 0.5) is 0 Å². The number of rotatable bonds is 3. The van der Waals surface area contributed by atoms with Crippen LogP contribution in [0.5, 0.6) is 17.2 Å². The quantitative estimate of drug-likeness (QED) is 0.704. The van der Waals surface area contributed by atoms with Gasteiger partial charge in [0.05, 0.1) is 12.6 Å². The van der Waals surface area contributed by atoms with Gasteiger partial charge in [0, 0.05) is 17.6 Å². The molecule has 19 heavy (non-hydrogen) atoms. The van der Waals surface area contributed by atoms with Crippen molar-refractivity contribution >= 4 is 10.9 Å². The summed E-state index contributed by atoms with van der Waals surface area (Å²) in [5.74, 6) is 2.31. The molecule has 0 amide bonds. The van der Waals surface area contributed by atoms with Gasteiger partial charge in [-0.15, -0.1) is 0 Å². The van der Waals surface area contributed by atoms with Crippen molar-refractivity contribution in [1.29, 1.82) is 0 Å². The van der Waals surface area contributed by atoms with E-state index >= 15 is 0 Å². The lowest BCUT2D eigenvalue weighted by Gasteiger charge is -2.09. The minimum Gasteiger partial charge on any atom is -0.497 e. The Morgan fingerprint density at radius 1 is 0.895 bits per heavy atom. The number of benzene rings is 2. The second-order valence-corrected chi connectivity index (χ2v) is 4.11. The van der Waals surface area contributed by atoms with E-state index in [1.807, 2.05) is 54.6 Å². The van der Waals surface area contributed by atoms with Crippen molar-refractivity contribution in [2.45, 2.75) is 0 Å². The Labute approximate surface area is 111 Å². The summed E-state index contributed by atoms with van der Waals surface area (Å²) in [5, 5.41) is 0.993. The van der Waals surface area contributed by atoms with E-state index in [2.05, 4.69) is 4.98 Å². The van der Waals surface area contributed by atoms with Crippen LogP contribution in [0, 0.1) is 0 Å². The first-order chi connectivity index (χ1) is 9.36. The molecule has 0 aliphatic rings. The summed E-state index contributed by atoms with van der Waals surface area (Å²) >= 11 is 0. The number of pyridine rings is 1. The fraction of sp³-hybridized carbons (Fsp3) is 0.0625. The van der Waals surface area contributed by atoms with Crippen molar-refractivity contribution in [3.63, 3.8) is 0 Å². The predicted octanol–water partition coefficient (Wildman–Crippen LogP) is 4.04. The first-order valence-corrected chi connectivity index (χ1v) is 6.02. The Morgan fingerprint density at radius 3 is 2.63 bits per heavy atom. The summed E-state index contributed by atoms with van der Waals surface area (Å²) < 4.78 is 11.1. The van der Waals surface area contributed by atoms with Crippen LogP contribution >= 0.6 is 0 Å². The molecule has 3 heteroatoms. The molecule has 1 heterocycles. The van der Waals surface area contributed by atoms with Gasteiger partial charge in [0.1, 0.15) is 17.2 Å². The van der Waals surface area contributed by atoms with Crippen LogP contribution in [0.2, 0.25) is 0 Å². The number of hydrogen-bond donors (Lipinski definition) is 0. The Balaban J connectivity index is 2.01. The molecule has 3 rings (SSSR count). The SMILES string of the molecule is COc1cccc(Oc2ccnc3ccccc23)c1. The topological polar surface area (TPSA) is 31.4 Å². The molecule has 0 N–H and O–H groups in total. The van der Waals surface area contributed by atoms with Crippen molar-refractivity contribution in [3.8, 4) is 17.2 Å². The summed E-state index contributed by atoms with van der Waals surface area (Å²) in [5.41, 5.74) is 0.919. The molecular weight excluding hydrogens is 238 g/mol. The number of aromatic nitrogens is 1. The second kappa shape index (κ2) is 4.98. The van der Waals surface area contributed by atoms with Crippen molar-refractivity contribution in [3.05, 3.63) is 60.8 Å². The lowest BCUT2D eigenvalue weighted by Crippen LogP contribution is -1.88. The van der Waals surface area contributed by atoms with Gasteiger partial charge in [0.25, 0.3) is 0 Å². The van der Waals surface area contributed by atoms with Crippen molar-refractivity contribution in [1.82, 2.24) is 4.98 Å². The minimum atomic E-state index is 0.746. The molecule has 1 aromatic heterocycles. The van der Waals surface area contributed by atoms with E-state index < -0.39 is 0 Å². The van der Waals surface area contributed by atoms with E-state index in [0.29, 0.717) is 0 Å². The van der Waals surface area contributed by atoms with Gasteiger partial charge >= 0.3 is 0 Å². The molecule has 0 radical (unpaired) electrons. The van der Waals surface area contributed by atoms with Crippen LogP contribution in [-0.2, 0) is 0 Å². The zero-order valence-corrected chi connectivity index (χ0v) is 10.5. The highest BCUT2D eigenvalue weighted by atomic mass is 16.5. The lowest BCUT2D eigenvalue weighted by molar-refractivity contribution is 0.409. The van der Waals surface area contributed by atoms with Gasteiger partial charge in [-0.3, -0.25) is 4.98 Å². The molecule has 0 unspecified atom stereocenters. The molecule has 0 spiro atoms. The molecule has 0 saturated carbocycles. The highest BCUT2D eigenvalue weighted by Gasteiger charge is 2.04. The van der Waals surface area contributed by atoms with E-state index in [-0.39, 0.29) is 0 Å². The van der Waals surface area contributed by atoms with Crippen LogP contribution in [0.15, 0.2) is 60.8 Å². The Hall–Kier alpha value is -2.55. The maximum Gasteiger partial charge on any atom is 0.138 e. The van der Waals surface area contributed by atoms with Crippen LogP contribution in [0.25, 0.3) is 10.9 Å². The molecule has 0 aliphatic carbocycles. The first kappa shape index (κ1) is 11.5. The molecule has 0 saturated heterocycles. The minimum absolute atomic E-state index is 0.746. The molecule has 94 valence electrons. The van der Waals surface area contributed by atoms with Crippen LogP contribution in [-0.4, -0.2) is 12.1 Å². The molecule has 2 aromatic carbocycles. The second-order valence-electron chi connectivity index (χ2n) is 4.11. The van der Waals surface area contributed by atoms with Crippen molar-refractivity contribution in [2.75, 3.05) is 7.11 Å². The number of hydrogen-bond acceptors (Lipinski definition) is 3. The summed E-state index contributed by atoms with van der Waals surface area (Å²) in [6.45, 7) is 0.